The van der Waals surface area contributed by atoms with Gasteiger partial charge < -0.3 is 10.5 Å². The number of hydrogen-bond donors (Lipinski definition) is 1. The number of halogens is 1. The van der Waals surface area contributed by atoms with Crippen LogP contribution in [0.4, 0.5) is 0 Å². The van der Waals surface area contributed by atoms with Crippen molar-refractivity contribution in [2.75, 3.05) is 32.8 Å². The molecule has 1 aromatic carbocycles. The number of rotatable bonds is 6. The van der Waals surface area contributed by atoms with Gasteiger partial charge in [0.1, 0.15) is 12.4 Å². The van der Waals surface area contributed by atoms with Gasteiger partial charge in [0.25, 0.3) is 0 Å². The molecular formula is C14H21ClN2O. The molecule has 18 heavy (non-hydrogen) atoms. The van der Waals surface area contributed by atoms with Crippen LogP contribution >= 0.6 is 11.6 Å². The van der Waals surface area contributed by atoms with E-state index in [0.717, 1.165) is 35.9 Å². The van der Waals surface area contributed by atoms with Crippen molar-refractivity contribution in [2.45, 2.75) is 19.3 Å². The summed E-state index contributed by atoms with van der Waals surface area (Å²) in [4.78, 5) is 2.44. The molecule has 0 amide bonds. The van der Waals surface area contributed by atoms with Crippen LogP contribution in [0.15, 0.2) is 18.2 Å². The van der Waals surface area contributed by atoms with Gasteiger partial charge in [-0.05, 0) is 51.0 Å². The van der Waals surface area contributed by atoms with E-state index in [0.29, 0.717) is 6.54 Å². The maximum atomic E-state index is 6.17. The lowest BCUT2D eigenvalue weighted by Crippen LogP contribution is -2.25. The molecule has 0 saturated carbocycles. The Kier molecular flexibility index (Phi) is 5.29. The van der Waals surface area contributed by atoms with Crippen LogP contribution in [0.1, 0.15) is 18.4 Å². The molecule has 0 aromatic heterocycles. The largest absolute Gasteiger partial charge is 0.492 e. The highest BCUT2D eigenvalue weighted by atomic mass is 35.5. The van der Waals surface area contributed by atoms with Crippen molar-refractivity contribution in [3.05, 3.63) is 28.8 Å². The van der Waals surface area contributed by atoms with Crippen molar-refractivity contribution in [1.82, 2.24) is 4.90 Å². The maximum absolute atomic E-state index is 6.17. The van der Waals surface area contributed by atoms with Crippen LogP contribution in [0.25, 0.3) is 0 Å². The summed E-state index contributed by atoms with van der Waals surface area (Å²) in [5.74, 6) is 0.882. The third kappa shape index (κ3) is 3.61. The lowest BCUT2D eigenvalue weighted by molar-refractivity contribution is 0.236. The second kappa shape index (κ2) is 6.98. The highest BCUT2D eigenvalue weighted by molar-refractivity contribution is 6.31. The molecule has 0 atom stereocenters. The molecule has 0 bridgehead atoms. The summed E-state index contributed by atoms with van der Waals surface area (Å²) in [6.45, 7) is 4.71. The van der Waals surface area contributed by atoms with Gasteiger partial charge in [-0.15, -0.1) is 0 Å². The van der Waals surface area contributed by atoms with Gasteiger partial charge >= 0.3 is 0 Å². The summed E-state index contributed by atoms with van der Waals surface area (Å²) in [6, 6.07) is 5.79. The molecule has 1 heterocycles. The number of nitrogens with zero attached hydrogens (tertiary/aromatic N) is 1. The monoisotopic (exact) mass is 268 g/mol. The normalized spacial score (nSPS) is 16.1. The SMILES string of the molecule is NCCc1c(Cl)cccc1OCCN1CCCC1. The van der Waals surface area contributed by atoms with E-state index in [-0.39, 0.29) is 0 Å². The van der Waals surface area contributed by atoms with Gasteiger partial charge in [-0.3, -0.25) is 4.90 Å². The number of nitrogens with two attached hydrogens (primary N) is 1. The molecule has 2 N–H and O–H groups in total. The smallest absolute Gasteiger partial charge is 0.124 e. The number of ether oxygens (including phenoxy) is 1. The summed E-state index contributed by atoms with van der Waals surface area (Å²) in [5, 5.41) is 0.749. The Morgan fingerprint density at radius 3 is 2.78 bits per heavy atom. The van der Waals surface area contributed by atoms with Gasteiger partial charge in [0.15, 0.2) is 0 Å². The van der Waals surface area contributed by atoms with Crippen LogP contribution in [-0.2, 0) is 6.42 Å². The molecule has 1 saturated heterocycles. The van der Waals surface area contributed by atoms with E-state index in [4.69, 9.17) is 22.1 Å². The van der Waals surface area contributed by atoms with Crippen LogP contribution in [0.3, 0.4) is 0 Å². The Morgan fingerprint density at radius 1 is 1.28 bits per heavy atom. The Balaban J connectivity index is 1.89. The van der Waals surface area contributed by atoms with E-state index in [2.05, 4.69) is 4.90 Å². The molecule has 0 radical (unpaired) electrons. The van der Waals surface area contributed by atoms with Gasteiger partial charge in [-0.25, -0.2) is 0 Å². The average molecular weight is 269 g/mol. The van der Waals surface area contributed by atoms with Gasteiger partial charge in [-0.1, -0.05) is 17.7 Å². The van der Waals surface area contributed by atoms with Crippen LogP contribution < -0.4 is 10.5 Å². The van der Waals surface area contributed by atoms with Gasteiger partial charge in [-0.2, -0.15) is 0 Å². The first-order valence-corrected chi connectivity index (χ1v) is 7.01. The van der Waals surface area contributed by atoms with E-state index in [1.165, 1.54) is 25.9 Å². The standard InChI is InChI=1S/C14H21ClN2O/c15-13-4-3-5-14(12(13)6-7-16)18-11-10-17-8-1-2-9-17/h3-5H,1-2,6-11,16H2. The Hall–Kier alpha value is -0.770. The zero-order valence-electron chi connectivity index (χ0n) is 10.7. The first-order chi connectivity index (χ1) is 8.81. The van der Waals surface area contributed by atoms with Crippen LogP contribution in [-0.4, -0.2) is 37.7 Å². The summed E-state index contributed by atoms with van der Waals surface area (Å²) < 4.78 is 5.85. The second-order valence-electron chi connectivity index (χ2n) is 4.65. The van der Waals surface area contributed by atoms with E-state index in [1.54, 1.807) is 0 Å². The third-order valence-electron chi connectivity index (χ3n) is 3.33. The van der Waals surface area contributed by atoms with Gasteiger partial charge in [0.2, 0.25) is 0 Å². The fourth-order valence-corrected chi connectivity index (χ4v) is 2.61. The van der Waals surface area contributed by atoms with E-state index >= 15 is 0 Å². The fraction of sp³-hybridized carbons (Fsp3) is 0.571. The molecule has 0 aliphatic carbocycles. The summed E-state index contributed by atoms with van der Waals surface area (Å²) in [7, 11) is 0. The molecule has 1 aliphatic heterocycles. The highest BCUT2D eigenvalue weighted by Gasteiger charge is 2.12. The Labute approximate surface area is 114 Å². The molecule has 1 fully saturated rings. The van der Waals surface area contributed by atoms with Crippen molar-refractivity contribution in [2.24, 2.45) is 5.73 Å². The molecule has 1 aliphatic rings. The topological polar surface area (TPSA) is 38.5 Å². The molecular weight excluding hydrogens is 248 g/mol. The Bertz CT molecular complexity index is 378. The van der Waals surface area contributed by atoms with E-state index in [9.17, 15) is 0 Å². The molecule has 3 nitrogen and oxygen atoms in total. The van der Waals surface area contributed by atoms with Gasteiger partial charge in [0.05, 0.1) is 0 Å². The maximum Gasteiger partial charge on any atom is 0.124 e. The second-order valence-corrected chi connectivity index (χ2v) is 5.06. The van der Waals surface area contributed by atoms with Crippen molar-refractivity contribution in [3.63, 3.8) is 0 Å². The third-order valence-corrected chi connectivity index (χ3v) is 3.69. The minimum Gasteiger partial charge on any atom is -0.492 e. The van der Waals surface area contributed by atoms with E-state index < -0.39 is 0 Å². The number of likely N-dealkylation sites (tertiary alicyclic amines) is 1. The van der Waals surface area contributed by atoms with Crippen molar-refractivity contribution >= 4 is 11.6 Å². The quantitative estimate of drug-likeness (QED) is 0.861. The predicted molar refractivity (Wildman–Crippen MR) is 75.4 cm³/mol. The Morgan fingerprint density at radius 2 is 2.06 bits per heavy atom. The zero-order chi connectivity index (χ0) is 12.8. The molecule has 0 spiro atoms. The minimum absolute atomic E-state index is 0.590. The lowest BCUT2D eigenvalue weighted by Gasteiger charge is -2.17. The van der Waals surface area contributed by atoms with Crippen molar-refractivity contribution in [3.8, 4) is 5.75 Å². The first kappa shape index (κ1) is 13.7. The van der Waals surface area contributed by atoms with Crippen LogP contribution in [0, 0.1) is 0 Å². The van der Waals surface area contributed by atoms with Crippen LogP contribution in [0.5, 0.6) is 5.75 Å². The lowest BCUT2D eigenvalue weighted by atomic mass is 10.1. The van der Waals surface area contributed by atoms with Crippen LogP contribution in [0.2, 0.25) is 5.02 Å². The van der Waals surface area contributed by atoms with E-state index in [1.807, 2.05) is 18.2 Å². The predicted octanol–water partition coefficient (Wildman–Crippen LogP) is 2.32. The molecule has 100 valence electrons. The summed E-state index contributed by atoms with van der Waals surface area (Å²) in [6.07, 6.45) is 3.39. The summed E-state index contributed by atoms with van der Waals surface area (Å²) in [5.41, 5.74) is 6.63. The van der Waals surface area contributed by atoms with Gasteiger partial charge in [0, 0.05) is 17.1 Å². The highest BCUT2D eigenvalue weighted by Crippen LogP contribution is 2.26. The number of benzene rings is 1. The van der Waals surface area contributed by atoms with Crippen molar-refractivity contribution < 1.29 is 4.74 Å². The molecule has 0 unspecified atom stereocenters. The minimum atomic E-state index is 0.590. The fourth-order valence-electron chi connectivity index (χ4n) is 2.35. The van der Waals surface area contributed by atoms with Crippen molar-refractivity contribution in [1.29, 1.82) is 0 Å². The molecule has 4 heteroatoms. The summed E-state index contributed by atoms with van der Waals surface area (Å²) >= 11 is 6.17. The average Bonchev–Trinajstić information content (AvgIpc) is 2.86. The molecule has 1 aromatic rings. The molecule has 2 rings (SSSR count). The first-order valence-electron chi connectivity index (χ1n) is 6.64. The zero-order valence-corrected chi connectivity index (χ0v) is 11.5. The number of hydrogen-bond acceptors (Lipinski definition) is 3.